The number of thioether (sulfide) groups is 1. The smallest absolute Gasteiger partial charge is 0.234 e. The number of amides is 1. The number of benzene rings is 2. The first-order valence-electron chi connectivity index (χ1n) is 9.80. The lowest BCUT2D eigenvalue weighted by molar-refractivity contribution is -0.113. The number of ether oxygens (including phenoxy) is 2. The van der Waals surface area contributed by atoms with Gasteiger partial charge in [0, 0.05) is 11.8 Å². The lowest BCUT2D eigenvalue weighted by Crippen LogP contribution is -2.15. The summed E-state index contributed by atoms with van der Waals surface area (Å²) >= 11 is 1.28. The van der Waals surface area contributed by atoms with Crippen molar-refractivity contribution >= 4 is 23.4 Å². The number of carbonyl (C=O) groups excluding carboxylic acids is 1. The van der Waals surface area contributed by atoms with E-state index in [2.05, 4.69) is 15.5 Å². The third kappa shape index (κ3) is 4.62. The standard InChI is InChI=1S/C23H22N4O4S/c1-15-6-8-16(9-7-15)27-22(19-5-4-12-31-19)25-26-23(27)32-14-21(28)24-18-11-10-17(29-2)13-20(18)30-3/h4-13H,14H2,1-3H3,(H,24,28). The number of nitrogens with zero attached hydrogens (tertiary/aromatic N) is 3. The second kappa shape index (κ2) is 9.61. The van der Waals surface area contributed by atoms with E-state index < -0.39 is 0 Å². The van der Waals surface area contributed by atoms with Gasteiger partial charge in [-0.05, 0) is 43.3 Å². The minimum Gasteiger partial charge on any atom is -0.497 e. The van der Waals surface area contributed by atoms with Gasteiger partial charge in [-0.3, -0.25) is 9.36 Å². The molecule has 164 valence electrons. The average molecular weight is 451 g/mol. The number of rotatable bonds is 8. The maximum Gasteiger partial charge on any atom is 0.234 e. The van der Waals surface area contributed by atoms with Crippen LogP contribution >= 0.6 is 11.8 Å². The monoisotopic (exact) mass is 450 g/mol. The van der Waals surface area contributed by atoms with Gasteiger partial charge in [0.2, 0.25) is 11.7 Å². The summed E-state index contributed by atoms with van der Waals surface area (Å²) in [6, 6.07) is 16.8. The molecule has 0 saturated carbocycles. The second-order valence-corrected chi connectivity index (χ2v) is 7.80. The summed E-state index contributed by atoms with van der Waals surface area (Å²) < 4.78 is 18.0. The molecular weight excluding hydrogens is 428 g/mol. The van der Waals surface area contributed by atoms with E-state index >= 15 is 0 Å². The molecule has 0 aliphatic rings. The molecule has 0 unspecified atom stereocenters. The molecule has 0 bridgehead atoms. The lowest BCUT2D eigenvalue weighted by Gasteiger charge is -2.12. The fraction of sp³-hybridized carbons (Fsp3) is 0.174. The van der Waals surface area contributed by atoms with Gasteiger partial charge < -0.3 is 19.2 Å². The van der Waals surface area contributed by atoms with Crippen molar-refractivity contribution in [1.82, 2.24) is 14.8 Å². The van der Waals surface area contributed by atoms with Crippen LogP contribution in [0.3, 0.4) is 0 Å². The molecule has 4 aromatic rings. The fourth-order valence-corrected chi connectivity index (χ4v) is 3.83. The first kappa shape index (κ1) is 21.5. The number of aryl methyl sites for hydroxylation is 1. The van der Waals surface area contributed by atoms with Crippen LogP contribution in [0.4, 0.5) is 5.69 Å². The largest absolute Gasteiger partial charge is 0.497 e. The Bertz CT molecular complexity index is 1200. The second-order valence-electron chi connectivity index (χ2n) is 6.86. The van der Waals surface area contributed by atoms with Crippen LogP contribution in [0.2, 0.25) is 0 Å². The quantitative estimate of drug-likeness (QED) is 0.393. The van der Waals surface area contributed by atoms with E-state index in [9.17, 15) is 4.79 Å². The van der Waals surface area contributed by atoms with Crippen LogP contribution in [-0.2, 0) is 4.79 Å². The molecule has 1 N–H and O–H groups in total. The predicted molar refractivity (Wildman–Crippen MR) is 123 cm³/mol. The van der Waals surface area contributed by atoms with Crippen molar-refractivity contribution in [2.24, 2.45) is 0 Å². The van der Waals surface area contributed by atoms with Gasteiger partial charge in [-0.15, -0.1) is 10.2 Å². The van der Waals surface area contributed by atoms with Crippen LogP contribution in [0.25, 0.3) is 17.3 Å². The number of methoxy groups -OCH3 is 2. The lowest BCUT2D eigenvalue weighted by atomic mass is 10.2. The van der Waals surface area contributed by atoms with E-state index in [1.54, 1.807) is 44.7 Å². The van der Waals surface area contributed by atoms with Crippen molar-refractivity contribution in [2.45, 2.75) is 12.1 Å². The molecule has 8 nitrogen and oxygen atoms in total. The number of aromatic nitrogens is 3. The Hall–Kier alpha value is -3.72. The molecule has 2 aromatic heterocycles. The minimum absolute atomic E-state index is 0.136. The van der Waals surface area contributed by atoms with Crippen LogP contribution in [0, 0.1) is 6.92 Å². The topological polar surface area (TPSA) is 91.4 Å². The molecule has 0 atom stereocenters. The van der Waals surface area contributed by atoms with Crippen molar-refractivity contribution in [3.05, 3.63) is 66.4 Å². The summed E-state index contributed by atoms with van der Waals surface area (Å²) in [6.45, 7) is 2.02. The normalized spacial score (nSPS) is 10.7. The van der Waals surface area contributed by atoms with Crippen LogP contribution in [0.15, 0.2) is 70.4 Å². The Balaban J connectivity index is 1.55. The highest BCUT2D eigenvalue weighted by atomic mass is 32.2. The van der Waals surface area contributed by atoms with Gasteiger partial charge in [0.1, 0.15) is 11.5 Å². The Kier molecular flexibility index (Phi) is 6.46. The molecule has 2 aromatic carbocycles. The molecule has 2 heterocycles. The molecule has 0 fully saturated rings. The molecule has 0 aliphatic carbocycles. The fourth-order valence-electron chi connectivity index (χ4n) is 3.07. The van der Waals surface area contributed by atoms with Gasteiger partial charge in [0.05, 0.1) is 31.9 Å². The van der Waals surface area contributed by atoms with Crippen LogP contribution in [-0.4, -0.2) is 40.6 Å². The van der Waals surface area contributed by atoms with Crippen molar-refractivity contribution in [3.63, 3.8) is 0 Å². The van der Waals surface area contributed by atoms with E-state index in [4.69, 9.17) is 13.9 Å². The van der Waals surface area contributed by atoms with E-state index in [0.717, 1.165) is 11.3 Å². The first-order chi connectivity index (χ1) is 15.6. The number of anilines is 1. The van der Waals surface area contributed by atoms with Gasteiger partial charge in [0.15, 0.2) is 10.9 Å². The zero-order chi connectivity index (χ0) is 22.5. The highest BCUT2D eigenvalue weighted by Crippen LogP contribution is 2.31. The number of furan rings is 1. The van der Waals surface area contributed by atoms with E-state index in [0.29, 0.717) is 33.9 Å². The minimum atomic E-state index is -0.198. The maximum atomic E-state index is 12.6. The van der Waals surface area contributed by atoms with Gasteiger partial charge >= 0.3 is 0 Å². The molecule has 9 heteroatoms. The summed E-state index contributed by atoms with van der Waals surface area (Å²) in [7, 11) is 3.12. The Morgan fingerprint density at radius 2 is 1.91 bits per heavy atom. The summed E-state index contributed by atoms with van der Waals surface area (Å²) in [4.78, 5) is 12.6. The van der Waals surface area contributed by atoms with Gasteiger partial charge in [-0.2, -0.15) is 0 Å². The van der Waals surface area contributed by atoms with Crippen LogP contribution < -0.4 is 14.8 Å². The molecule has 32 heavy (non-hydrogen) atoms. The zero-order valence-corrected chi connectivity index (χ0v) is 18.7. The van der Waals surface area contributed by atoms with E-state index in [-0.39, 0.29) is 11.7 Å². The molecule has 0 spiro atoms. The van der Waals surface area contributed by atoms with Crippen LogP contribution in [0.1, 0.15) is 5.56 Å². The Morgan fingerprint density at radius 1 is 1.09 bits per heavy atom. The zero-order valence-electron chi connectivity index (χ0n) is 17.9. The molecule has 4 rings (SSSR count). The summed E-state index contributed by atoms with van der Waals surface area (Å²) in [5.74, 6) is 2.26. The Labute approximate surface area is 189 Å². The van der Waals surface area contributed by atoms with Crippen LogP contribution in [0.5, 0.6) is 11.5 Å². The Morgan fingerprint density at radius 3 is 2.59 bits per heavy atom. The number of hydrogen-bond acceptors (Lipinski definition) is 7. The third-order valence-corrected chi connectivity index (χ3v) is 5.61. The van der Waals surface area contributed by atoms with Crippen molar-refractivity contribution in [1.29, 1.82) is 0 Å². The SMILES string of the molecule is COc1ccc(NC(=O)CSc2nnc(-c3ccco3)n2-c2ccc(C)cc2)c(OC)c1. The van der Waals surface area contributed by atoms with Gasteiger partial charge in [0.25, 0.3) is 0 Å². The average Bonchev–Trinajstić information content (AvgIpc) is 3.48. The number of hydrogen-bond donors (Lipinski definition) is 1. The summed E-state index contributed by atoms with van der Waals surface area (Å²) in [6.07, 6.45) is 1.59. The summed E-state index contributed by atoms with van der Waals surface area (Å²) in [5, 5.41) is 12.0. The highest BCUT2D eigenvalue weighted by Gasteiger charge is 2.19. The first-order valence-corrected chi connectivity index (χ1v) is 10.8. The number of carbonyl (C=O) groups is 1. The summed E-state index contributed by atoms with van der Waals surface area (Å²) in [5.41, 5.74) is 2.59. The van der Waals surface area contributed by atoms with E-state index in [1.807, 2.05) is 41.8 Å². The maximum absolute atomic E-state index is 12.6. The molecule has 0 saturated heterocycles. The molecule has 1 amide bonds. The van der Waals surface area contributed by atoms with Crippen molar-refractivity contribution in [3.8, 4) is 28.8 Å². The van der Waals surface area contributed by atoms with Crippen molar-refractivity contribution in [2.75, 3.05) is 25.3 Å². The third-order valence-electron chi connectivity index (χ3n) is 4.68. The van der Waals surface area contributed by atoms with Gasteiger partial charge in [-0.1, -0.05) is 29.5 Å². The van der Waals surface area contributed by atoms with Crippen molar-refractivity contribution < 1.29 is 18.7 Å². The predicted octanol–water partition coefficient (Wildman–Crippen LogP) is 4.58. The highest BCUT2D eigenvalue weighted by molar-refractivity contribution is 7.99. The molecular formula is C23H22N4O4S. The van der Waals surface area contributed by atoms with Gasteiger partial charge in [-0.25, -0.2) is 0 Å². The number of nitrogens with one attached hydrogen (secondary N) is 1. The molecule has 0 radical (unpaired) electrons. The van der Waals surface area contributed by atoms with E-state index in [1.165, 1.54) is 11.8 Å². The molecule has 0 aliphatic heterocycles.